The molecule has 0 unspecified atom stereocenters. The van der Waals surface area contributed by atoms with Gasteiger partial charge in [0.2, 0.25) is 0 Å². The first kappa shape index (κ1) is 11.4. The van der Waals surface area contributed by atoms with Crippen molar-refractivity contribution in [2.24, 2.45) is 4.99 Å². The van der Waals surface area contributed by atoms with Crippen LogP contribution in [-0.2, 0) is 0 Å². The van der Waals surface area contributed by atoms with Gasteiger partial charge >= 0.3 is 0 Å². The third-order valence-corrected chi connectivity index (χ3v) is 2.27. The second kappa shape index (κ2) is 4.22. The van der Waals surface area contributed by atoms with Gasteiger partial charge in [-0.1, -0.05) is 22.0 Å². The average Bonchev–Trinajstić information content (AvgIpc) is 2.01. The monoisotopic (exact) mass is 257 g/mol. The van der Waals surface area contributed by atoms with Crippen molar-refractivity contribution in [1.82, 2.24) is 0 Å². The topological polar surface area (TPSA) is 12.4 Å². The predicted octanol–water partition coefficient (Wildman–Crippen LogP) is 3.81. The summed E-state index contributed by atoms with van der Waals surface area (Å²) >= 11 is 3.28. The van der Waals surface area contributed by atoms with E-state index < -0.39 is 0 Å². The molecule has 3 heteroatoms. The summed E-state index contributed by atoms with van der Waals surface area (Å²) in [6, 6.07) is 4.88. The lowest BCUT2D eigenvalue weighted by molar-refractivity contribution is 0.585. The molecule has 0 N–H and O–H groups in total. The molecule has 0 saturated carbocycles. The highest BCUT2D eigenvalue weighted by molar-refractivity contribution is 9.10. The lowest BCUT2D eigenvalue weighted by atomic mass is 10.1. The van der Waals surface area contributed by atoms with E-state index in [1.54, 1.807) is 18.3 Å². The van der Waals surface area contributed by atoms with E-state index in [1.807, 2.05) is 20.8 Å². The highest BCUT2D eigenvalue weighted by Gasteiger charge is 2.08. The molecular weight excluding hydrogens is 245 g/mol. The van der Waals surface area contributed by atoms with Crippen molar-refractivity contribution >= 4 is 22.1 Å². The van der Waals surface area contributed by atoms with Crippen molar-refractivity contribution < 1.29 is 4.39 Å². The molecule has 1 aromatic rings. The fourth-order valence-electron chi connectivity index (χ4n) is 0.892. The van der Waals surface area contributed by atoms with Gasteiger partial charge in [0, 0.05) is 16.3 Å². The first-order valence-corrected chi connectivity index (χ1v) is 5.19. The van der Waals surface area contributed by atoms with Crippen LogP contribution in [0.5, 0.6) is 0 Å². The number of hydrogen-bond donors (Lipinski definition) is 0. The summed E-state index contributed by atoms with van der Waals surface area (Å²) in [5.41, 5.74) is 0.323. The lowest BCUT2D eigenvalue weighted by Crippen LogP contribution is -2.10. The first-order valence-electron chi connectivity index (χ1n) is 4.39. The van der Waals surface area contributed by atoms with Gasteiger partial charge in [-0.25, -0.2) is 4.39 Å². The van der Waals surface area contributed by atoms with Gasteiger partial charge in [-0.2, -0.15) is 0 Å². The van der Waals surface area contributed by atoms with E-state index >= 15 is 0 Å². The van der Waals surface area contributed by atoms with Crippen LogP contribution in [0.2, 0.25) is 0 Å². The van der Waals surface area contributed by atoms with Crippen LogP contribution in [0.25, 0.3) is 0 Å². The number of nitrogens with zero attached hydrogens (tertiary/aromatic N) is 1. The molecule has 76 valence electrons. The summed E-state index contributed by atoms with van der Waals surface area (Å²) in [5, 5.41) is 0. The molecule has 1 aromatic carbocycles. The minimum atomic E-state index is -0.257. The fourth-order valence-corrected chi connectivity index (χ4v) is 1.34. The van der Waals surface area contributed by atoms with E-state index in [0.29, 0.717) is 5.56 Å². The van der Waals surface area contributed by atoms with Crippen molar-refractivity contribution in [3.05, 3.63) is 34.1 Å². The Balaban J connectivity index is 3.03. The molecule has 1 nitrogen and oxygen atoms in total. The summed E-state index contributed by atoms with van der Waals surface area (Å²) in [7, 11) is 0. The Morgan fingerprint density at radius 3 is 2.50 bits per heavy atom. The van der Waals surface area contributed by atoms with Crippen LogP contribution in [-0.4, -0.2) is 11.8 Å². The van der Waals surface area contributed by atoms with E-state index in [0.717, 1.165) is 4.47 Å². The van der Waals surface area contributed by atoms with Gasteiger partial charge < -0.3 is 0 Å². The molecule has 0 aliphatic rings. The van der Waals surface area contributed by atoms with Gasteiger partial charge in [-0.3, -0.25) is 4.99 Å². The van der Waals surface area contributed by atoms with Gasteiger partial charge in [0.1, 0.15) is 5.82 Å². The summed E-state index contributed by atoms with van der Waals surface area (Å²) in [4.78, 5) is 4.25. The molecule has 0 aliphatic carbocycles. The molecule has 0 amide bonds. The Labute approximate surface area is 92.2 Å². The van der Waals surface area contributed by atoms with E-state index in [9.17, 15) is 4.39 Å². The number of hydrogen-bond acceptors (Lipinski definition) is 1. The summed E-state index contributed by atoms with van der Waals surface area (Å²) in [6.07, 6.45) is 1.57. The first-order chi connectivity index (χ1) is 6.40. The summed E-state index contributed by atoms with van der Waals surface area (Å²) < 4.78 is 14.0. The standard InChI is InChI=1S/C11H13BrFN/c1-11(2,3)14-7-8-9(12)5-4-6-10(8)13/h4-7H,1-3H3/b14-7+. The van der Waals surface area contributed by atoms with E-state index in [-0.39, 0.29) is 11.4 Å². The highest BCUT2D eigenvalue weighted by atomic mass is 79.9. The molecule has 0 spiro atoms. The zero-order chi connectivity index (χ0) is 10.8. The third kappa shape index (κ3) is 3.22. The van der Waals surface area contributed by atoms with Gasteiger partial charge in [-0.15, -0.1) is 0 Å². The second-order valence-corrected chi connectivity index (χ2v) is 4.92. The molecule has 0 aromatic heterocycles. The van der Waals surface area contributed by atoms with Crippen molar-refractivity contribution in [3.8, 4) is 0 Å². The molecular formula is C11H13BrFN. The van der Waals surface area contributed by atoms with Gasteiger partial charge in [0.15, 0.2) is 0 Å². The van der Waals surface area contributed by atoms with E-state index in [1.165, 1.54) is 6.07 Å². The minimum Gasteiger partial charge on any atom is -0.287 e. The maximum Gasteiger partial charge on any atom is 0.133 e. The van der Waals surface area contributed by atoms with Crippen LogP contribution in [0, 0.1) is 5.82 Å². The number of benzene rings is 1. The lowest BCUT2D eigenvalue weighted by Gasteiger charge is -2.11. The smallest absolute Gasteiger partial charge is 0.133 e. The third-order valence-electron chi connectivity index (χ3n) is 1.58. The Hall–Kier alpha value is -0.700. The van der Waals surface area contributed by atoms with Crippen molar-refractivity contribution in [1.29, 1.82) is 0 Å². The van der Waals surface area contributed by atoms with Gasteiger partial charge in [-0.05, 0) is 32.9 Å². The molecule has 14 heavy (non-hydrogen) atoms. The van der Waals surface area contributed by atoms with Crippen molar-refractivity contribution in [2.75, 3.05) is 0 Å². The normalized spacial score (nSPS) is 12.4. The molecule has 0 radical (unpaired) electrons. The maximum absolute atomic E-state index is 13.3. The van der Waals surface area contributed by atoms with Crippen LogP contribution in [0.4, 0.5) is 4.39 Å². The maximum atomic E-state index is 13.3. The predicted molar refractivity (Wildman–Crippen MR) is 61.4 cm³/mol. The molecule has 0 heterocycles. The van der Waals surface area contributed by atoms with Gasteiger partial charge in [0.05, 0.1) is 5.54 Å². The van der Waals surface area contributed by atoms with Crippen LogP contribution >= 0.6 is 15.9 Å². The van der Waals surface area contributed by atoms with Crippen molar-refractivity contribution in [3.63, 3.8) is 0 Å². The molecule has 1 rings (SSSR count). The zero-order valence-corrected chi connectivity index (χ0v) is 10.1. The molecule has 0 atom stereocenters. The Bertz CT molecular complexity index is 333. The summed E-state index contributed by atoms with van der Waals surface area (Å²) in [5.74, 6) is -0.257. The molecule has 0 bridgehead atoms. The Morgan fingerprint density at radius 2 is 2.00 bits per heavy atom. The molecule has 0 fully saturated rings. The van der Waals surface area contributed by atoms with Crippen LogP contribution in [0.15, 0.2) is 27.7 Å². The number of halogens is 2. The van der Waals surface area contributed by atoms with Crippen LogP contribution < -0.4 is 0 Å². The summed E-state index contributed by atoms with van der Waals surface area (Å²) in [6.45, 7) is 5.91. The SMILES string of the molecule is CC(C)(C)/N=C/c1c(F)cccc1Br. The Morgan fingerprint density at radius 1 is 1.36 bits per heavy atom. The minimum absolute atomic E-state index is 0.179. The quantitative estimate of drug-likeness (QED) is 0.679. The van der Waals surface area contributed by atoms with E-state index in [2.05, 4.69) is 20.9 Å². The molecule has 0 saturated heterocycles. The highest BCUT2D eigenvalue weighted by Crippen LogP contribution is 2.18. The van der Waals surface area contributed by atoms with Gasteiger partial charge in [0.25, 0.3) is 0 Å². The largest absolute Gasteiger partial charge is 0.287 e. The second-order valence-electron chi connectivity index (χ2n) is 4.06. The molecule has 0 aliphatic heterocycles. The van der Waals surface area contributed by atoms with Crippen LogP contribution in [0.1, 0.15) is 26.3 Å². The average molecular weight is 258 g/mol. The number of aliphatic imine (C=N–C) groups is 1. The van der Waals surface area contributed by atoms with Crippen molar-refractivity contribution in [2.45, 2.75) is 26.3 Å². The van der Waals surface area contributed by atoms with E-state index in [4.69, 9.17) is 0 Å². The Kier molecular flexibility index (Phi) is 3.43. The fraction of sp³-hybridized carbons (Fsp3) is 0.364. The zero-order valence-electron chi connectivity index (χ0n) is 8.51. The number of rotatable bonds is 1. The van der Waals surface area contributed by atoms with Crippen LogP contribution in [0.3, 0.4) is 0 Å².